The predicted molar refractivity (Wildman–Crippen MR) is 68.6 cm³/mol. The van der Waals surface area contributed by atoms with Crippen molar-refractivity contribution in [3.63, 3.8) is 0 Å². The van der Waals surface area contributed by atoms with E-state index in [1.807, 2.05) is 6.92 Å². The van der Waals surface area contributed by atoms with Crippen molar-refractivity contribution in [2.75, 3.05) is 13.2 Å². The van der Waals surface area contributed by atoms with E-state index in [1.165, 1.54) is 0 Å². The molecule has 0 saturated heterocycles. The lowest BCUT2D eigenvalue weighted by atomic mass is 10.2. The Bertz CT molecular complexity index is 383. The number of nitrogens with zero attached hydrogens (tertiary/aromatic N) is 1. The molecule has 0 unspecified atom stereocenters. The molecule has 0 rings (SSSR count). The van der Waals surface area contributed by atoms with Crippen LogP contribution >= 0.6 is 0 Å². The van der Waals surface area contributed by atoms with E-state index in [9.17, 15) is 9.59 Å². The van der Waals surface area contributed by atoms with Gasteiger partial charge in [-0.3, -0.25) is 4.79 Å². The van der Waals surface area contributed by atoms with Crippen LogP contribution in [0.3, 0.4) is 0 Å². The number of esters is 2. The van der Waals surface area contributed by atoms with E-state index in [0.29, 0.717) is 0 Å². The quantitative estimate of drug-likeness (QED) is 0.309. The van der Waals surface area contributed by atoms with Gasteiger partial charge in [-0.05, 0) is 13.3 Å². The first-order valence-corrected chi connectivity index (χ1v) is 6.28. The van der Waals surface area contributed by atoms with Gasteiger partial charge in [0.15, 0.2) is 5.57 Å². The van der Waals surface area contributed by atoms with E-state index in [1.54, 1.807) is 13.0 Å². The third-order valence-corrected chi connectivity index (χ3v) is 2.26. The van der Waals surface area contributed by atoms with Crippen LogP contribution < -0.4 is 5.73 Å². The van der Waals surface area contributed by atoms with Crippen molar-refractivity contribution in [1.82, 2.24) is 0 Å². The molecule has 0 amide bonds. The summed E-state index contributed by atoms with van der Waals surface area (Å²) in [5.41, 5.74) is 5.09. The smallest absolute Gasteiger partial charge is 0.350 e. The van der Waals surface area contributed by atoms with E-state index in [-0.39, 0.29) is 30.9 Å². The molecule has 0 aliphatic carbocycles. The van der Waals surface area contributed by atoms with Crippen molar-refractivity contribution in [1.29, 1.82) is 5.26 Å². The lowest BCUT2D eigenvalue weighted by molar-refractivity contribution is -0.142. The number of nitrogens with two attached hydrogens (primary N) is 1. The van der Waals surface area contributed by atoms with Gasteiger partial charge in [0.05, 0.1) is 19.6 Å². The molecule has 0 aliphatic heterocycles. The molecule has 19 heavy (non-hydrogen) atoms. The first-order chi connectivity index (χ1) is 9.06. The fourth-order valence-corrected chi connectivity index (χ4v) is 1.29. The largest absolute Gasteiger partial charge is 0.466 e. The molecular weight excluding hydrogens is 248 g/mol. The van der Waals surface area contributed by atoms with Crippen molar-refractivity contribution in [2.24, 2.45) is 5.73 Å². The minimum absolute atomic E-state index is 0.124. The third kappa shape index (κ3) is 7.09. The maximum absolute atomic E-state index is 11.6. The summed E-state index contributed by atoms with van der Waals surface area (Å²) in [7, 11) is 0. The van der Waals surface area contributed by atoms with E-state index >= 15 is 0 Å². The zero-order valence-electron chi connectivity index (χ0n) is 11.4. The van der Waals surface area contributed by atoms with Crippen LogP contribution in [0.5, 0.6) is 0 Å². The van der Waals surface area contributed by atoms with Gasteiger partial charge in [-0.15, -0.1) is 0 Å². The zero-order chi connectivity index (χ0) is 14.7. The summed E-state index contributed by atoms with van der Waals surface area (Å²) in [6.45, 7) is 4.14. The SMILES string of the molecule is CCCCCOC(=O)C(C#N)=C(N)CC(=O)OCC. The zero-order valence-corrected chi connectivity index (χ0v) is 11.4. The number of hydrogen-bond acceptors (Lipinski definition) is 6. The van der Waals surface area contributed by atoms with Crippen LogP contribution in [0.4, 0.5) is 0 Å². The van der Waals surface area contributed by atoms with Gasteiger partial charge in [-0.2, -0.15) is 5.26 Å². The van der Waals surface area contributed by atoms with Gasteiger partial charge in [-0.25, -0.2) is 4.79 Å². The minimum Gasteiger partial charge on any atom is -0.466 e. The Hall–Kier alpha value is -2.03. The van der Waals surface area contributed by atoms with E-state index in [0.717, 1.165) is 19.3 Å². The first kappa shape index (κ1) is 17.0. The topological polar surface area (TPSA) is 102 Å². The molecule has 2 N–H and O–H groups in total. The summed E-state index contributed by atoms with van der Waals surface area (Å²) in [5.74, 6) is -1.37. The number of hydrogen-bond donors (Lipinski definition) is 1. The average Bonchev–Trinajstić information content (AvgIpc) is 2.35. The van der Waals surface area contributed by atoms with E-state index in [4.69, 9.17) is 15.7 Å². The molecule has 0 spiro atoms. The normalized spacial score (nSPS) is 11.2. The molecule has 0 radical (unpaired) electrons. The standard InChI is InChI=1S/C13H20N2O4/c1-3-5-6-7-19-13(17)10(9-14)11(15)8-12(16)18-4-2/h3-8,15H2,1-2H3. The highest BCUT2D eigenvalue weighted by Gasteiger charge is 2.17. The van der Waals surface area contributed by atoms with Crippen LogP contribution in [-0.4, -0.2) is 25.2 Å². The number of carbonyl (C=O) groups excluding carboxylic acids is 2. The molecule has 0 heterocycles. The molecule has 0 atom stereocenters. The molecule has 6 heteroatoms. The van der Waals surface area contributed by atoms with Gasteiger partial charge in [0.1, 0.15) is 6.07 Å². The number of rotatable bonds is 8. The Morgan fingerprint density at radius 3 is 2.42 bits per heavy atom. The van der Waals surface area contributed by atoms with Crippen molar-refractivity contribution in [3.8, 4) is 6.07 Å². The predicted octanol–water partition coefficient (Wildman–Crippen LogP) is 1.41. The van der Waals surface area contributed by atoms with Crippen molar-refractivity contribution in [2.45, 2.75) is 39.5 Å². The Morgan fingerprint density at radius 1 is 1.21 bits per heavy atom. The lowest BCUT2D eigenvalue weighted by Crippen LogP contribution is -2.17. The molecule has 0 bridgehead atoms. The molecule has 0 aromatic heterocycles. The molecule has 0 aromatic carbocycles. The molecule has 6 nitrogen and oxygen atoms in total. The van der Waals surface area contributed by atoms with Gasteiger partial charge < -0.3 is 15.2 Å². The van der Waals surface area contributed by atoms with Crippen molar-refractivity contribution < 1.29 is 19.1 Å². The summed E-state index contributed by atoms with van der Waals surface area (Å²) in [4.78, 5) is 22.8. The number of carbonyl (C=O) groups is 2. The van der Waals surface area contributed by atoms with E-state index < -0.39 is 11.9 Å². The second-order valence-corrected chi connectivity index (χ2v) is 3.84. The summed E-state index contributed by atoms with van der Waals surface area (Å²) in [5, 5.41) is 8.87. The molecule has 0 aliphatic rings. The van der Waals surface area contributed by atoms with Gasteiger partial charge in [0.25, 0.3) is 0 Å². The average molecular weight is 268 g/mol. The second-order valence-electron chi connectivity index (χ2n) is 3.84. The number of unbranched alkanes of at least 4 members (excludes halogenated alkanes) is 2. The maximum Gasteiger partial charge on any atom is 0.350 e. The summed E-state index contributed by atoms with van der Waals surface area (Å²) < 4.78 is 9.59. The highest BCUT2D eigenvalue weighted by atomic mass is 16.5. The van der Waals surface area contributed by atoms with Crippen LogP contribution in [0.15, 0.2) is 11.3 Å². The summed E-state index contributed by atoms with van der Waals surface area (Å²) >= 11 is 0. The summed E-state index contributed by atoms with van der Waals surface area (Å²) in [6.07, 6.45) is 2.39. The Morgan fingerprint density at radius 2 is 1.89 bits per heavy atom. The number of ether oxygens (including phenoxy) is 2. The Balaban J connectivity index is 4.48. The van der Waals surface area contributed by atoms with Gasteiger partial charge >= 0.3 is 11.9 Å². The molecule has 0 saturated carbocycles. The van der Waals surface area contributed by atoms with Crippen molar-refractivity contribution in [3.05, 3.63) is 11.3 Å². The van der Waals surface area contributed by atoms with Crippen LogP contribution in [0.1, 0.15) is 39.5 Å². The van der Waals surface area contributed by atoms with Crippen LogP contribution in [0, 0.1) is 11.3 Å². The van der Waals surface area contributed by atoms with Crippen LogP contribution in [0.2, 0.25) is 0 Å². The summed E-state index contributed by atoms with van der Waals surface area (Å²) in [6, 6.07) is 1.66. The highest BCUT2D eigenvalue weighted by Crippen LogP contribution is 2.07. The maximum atomic E-state index is 11.6. The van der Waals surface area contributed by atoms with E-state index in [2.05, 4.69) is 4.74 Å². The van der Waals surface area contributed by atoms with Crippen LogP contribution in [0.25, 0.3) is 0 Å². The Labute approximate surface area is 113 Å². The highest BCUT2D eigenvalue weighted by molar-refractivity contribution is 5.94. The fraction of sp³-hybridized carbons (Fsp3) is 0.615. The number of nitriles is 1. The molecule has 106 valence electrons. The minimum atomic E-state index is -0.791. The van der Waals surface area contributed by atoms with Crippen molar-refractivity contribution >= 4 is 11.9 Å². The fourth-order valence-electron chi connectivity index (χ4n) is 1.29. The molecular formula is C13H20N2O4. The lowest BCUT2D eigenvalue weighted by Gasteiger charge is -2.06. The Kier molecular flexibility index (Phi) is 8.88. The van der Waals surface area contributed by atoms with Gasteiger partial charge in [0, 0.05) is 5.70 Å². The molecule has 0 fully saturated rings. The first-order valence-electron chi connectivity index (χ1n) is 6.28. The van der Waals surface area contributed by atoms with Gasteiger partial charge in [0.2, 0.25) is 0 Å². The molecule has 0 aromatic rings. The van der Waals surface area contributed by atoms with Gasteiger partial charge in [-0.1, -0.05) is 19.8 Å². The monoisotopic (exact) mass is 268 g/mol. The van der Waals surface area contributed by atoms with Crippen LogP contribution in [-0.2, 0) is 19.1 Å². The third-order valence-electron chi connectivity index (χ3n) is 2.26. The second kappa shape index (κ2) is 9.95.